The summed E-state index contributed by atoms with van der Waals surface area (Å²) in [6.07, 6.45) is 2.53. The van der Waals surface area contributed by atoms with Crippen molar-refractivity contribution < 1.29 is 14.2 Å². The molecule has 0 aromatic heterocycles. The minimum atomic E-state index is 0.101. The molecule has 2 aliphatic rings. The molecule has 21 heavy (non-hydrogen) atoms. The summed E-state index contributed by atoms with van der Waals surface area (Å²) in [6.45, 7) is 3.99. The minimum absolute atomic E-state index is 0.101. The normalized spacial score (nSPS) is 21.1. The average molecular weight is 308 g/mol. The summed E-state index contributed by atoms with van der Waals surface area (Å²) in [5, 5.41) is 7.15. The van der Waals surface area contributed by atoms with Gasteiger partial charge < -0.3 is 24.8 Å². The lowest BCUT2D eigenvalue weighted by Gasteiger charge is -2.19. The van der Waals surface area contributed by atoms with E-state index in [0.717, 1.165) is 43.1 Å². The van der Waals surface area contributed by atoms with Crippen LogP contribution >= 0.6 is 12.2 Å². The predicted octanol–water partition coefficient (Wildman–Crippen LogP) is 2.12. The number of hydrogen-bond acceptors (Lipinski definition) is 4. The van der Waals surface area contributed by atoms with Gasteiger partial charge in [-0.2, -0.15) is 0 Å². The van der Waals surface area contributed by atoms with Gasteiger partial charge in [0.05, 0.1) is 12.1 Å². The Kier molecular flexibility index (Phi) is 4.45. The first-order valence-corrected chi connectivity index (χ1v) is 7.69. The van der Waals surface area contributed by atoms with E-state index >= 15 is 0 Å². The average Bonchev–Trinajstić information content (AvgIpc) is 3.15. The Morgan fingerprint density at radius 2 is 2.24 bits per heavy atom. The van der Waals surface area contributed by atoms with Crippen LogP contribution in [0.1, 0.15) is 31.4 Å². The van der Waals surface area contributed by atoms with Crippen LogP contribution in [0.5, 0.6) is 11.5 Å². The number of fused-ring (bicyclic) bond motifs is 1. The van der Waals surface area contributed by atoms with E-state index in [1.807, 2.05) is 18.2 Å². The molecule has 5 nitrogen and oxygen atoms in total. The second kappa shape index (κ2) is 6.49. The number of rotatable bonds is 4. The van der Waals surface area contributed by atoms with Gasteiger partial charge in [-0.1, -0.05) is 6.07 Å². The third-order valence-corrected chi connectivity index (χ3v) is 4.02. The van der Waals surface area contributed by atoms with Crippen molar-refractivity contribution in [2.24, 2.45) is 0 Å². The molecular weight excluding hydrogens is 288 g/mol. The Labute approximate surface area is 130 Å². The SMILES string of the molecule is CC(NC(=S)NCC1CCCO1)c1ccc2c(c1)OCO2. The summed E-state index contributed by atoms with van der Waals surface area (Å²) in [4.78, 5) is 0. The lowest BCUT2D eigenvalue weighted by molar-refractivity contribution is 0.114. The molecule has 3 rings (SSSR count). The molecule has 1 fully saturated rings. The standard InChI is InChI=1S/C15H20N2O3S/c1-10(11-4-5-13-14(7-11)20-9-19-13)17-15(21)16-8-12-3-2-6-18-12/h4-5,7,10,12H,2-3,6,8-9H2,1H3,(H2,16,17,21). The van der Waals surface area contributed by atoms with Crippen molar-refractivity contribution in [2.75, 3.05) is 19.9 Å². The quantitative estimate of drug-likeness (QED) is 0.831. The molecule has 2 heterocycles. The van der Waals surface area contributed by atoms with Crippen molar-refractivity contribution in [2.45, 2.75) is 31.9 Å². The zero-order valence-corrected chi connectivity index (χ0v) is 12.9. The molecule has 0 amide bonds. The van der Waals surface area contributed by atoms with E-state index in [1.165, 1.54) is 0 Å². The lowest BCUT2D eigenvalue weighted by Crippen LogP contribution is -2.40. The molecule has 1 aromatic rings. The smallest absolute Gasteiger partial charge is 0.231 e. The Balaban J connectivity index is 1.50. The lowest BCUT2D eigenvalue weighted by atomic mass is 10.1. The van der Waals surface area contributed by atoms with Crippen molar-refractivity contribution in [3.05, 3.63) is 23.8 Å². The van der Waals surface area contributed by atoms with Crippen LogP contribution in [-0.2, 0) is 4.74 Å². The van der Waals surface area contributed by atoms with Crippen molar-refractivity contribution in [3.63, 3.8) is 0 Å². The van der Waals surface area contributed by atoms with Gasteiger partial charge in [0.2, 0.25) is 6.79 Å². The van der Waals surface area contributed by atoms with Gasteiger partial charge in [-0.3, -0.25) is 0 Å². The minimum Gasteiger partial charge on any atom is -0.454 e. The number of benzene rings is 1. The Hall–Kier alpha value is -1.53. The summed E-state index contributed by atoms with van der Waals surface area (Å²) >= 11 is 5.33. The molecule has 0 saturated carbocycles. The molecule has 2 atom stereocenters. The second-order valence-corrected chi connectivity index (χ2v) is 5.73. The topological polar surface area (TPSA) is 51.8 Å². The zero-order valence-electron chi connectivity index (χ0n) is 12.1. The number of ether oxygens (including phenoxy) is 3. The van der Waals surface area contributed by atoms with Crippen LogP contribution in [0.3, 0.4) is 0 Å². The van der Waals surface area contributed by atoms with Crippen LogP contribution in [0.25, 0.3) is 0 Å². The number of nitrogens with one attached hydrogen (secondary N) is 2. The monoisotopic (exact) mass is 308 g/mol. The maximum Gasteiger partial charge on any atom is 0.231 e. The summed E-state index contributed by atoms with van der Waals surface area (Å²) in [5.74, 6) is 1.59. The highest BCUT2D eigenvalue weighted by Gasteiger charge is 2.17. The van der Waals surface area contributed by atoms with Gasteiger partial charge in [0.25, 0.3) is 0 Å². The van der Waals surface area contributed by atoms with Gasteiger partial charge in [0.1, 0.15) is 0 Å². The first-order chi connectivity index (χ1) is 10.2. The maximum absolute atomic E-state index is 5.56. The molecule has 6 heteroatoms. The van der Waals surface area contributed by atoms with E-state index in [1.54, 1.807) is 0 Å². The first kappa shape index (κ1) is 14.4. The number of hydrogen-bond donors (Lipinski definition) is 2. The molecule has 0 bridgehead atoms. The van der Waals surface area contributed by atoms with Crippen molar-refractivity contribution in [3.8, 4) is 11.5 Å². The van der Waals surface area contributed by atoms with Crippen molar-refractivity contribution >= 4 is 17.3 Å². The summed E-state index contributed by atoms with van der Waals surface area (Å²) in [7, 11) is 0. The molecule has 2 unspecified atom stereocenters. The van der Waals surface area contributed by atoms with E-state index in [2.05, 4.69) is 17.6 Å². The van der Waals surface area contributed by atoms with Crippen LogP contribution in [0.2, 0.25) is 0 Å². The van der Waals surface area contributed by atoms with Gasteiger partial charge >= 0.3 is 0 Å². The fraction of sp³-hybridized carbons (Fsp3) is 0.533. The second-order valence-electron chi connectivity index (χ2n) is 5.32. The van der Waals surface area contributed by atoms with Gasteiger partial charge in [0.15, 0.2) is 16.6 Å². The summed E-state index contributed by atoms with van der Waals surface area (Å²) < 4.78 is 16.3. The highest BCUT2D eigenvalue weighted by atomic mass is 32.1. The van der Waals surface area contributed by atoms with Crippen LogP contribution in [0.15, 0.2) is 18.2 Å². The van der Waals surface area contributed by atoms with Gasteiger partial charge in [0, 0.05) is 13.2 Å². The zero-order chi connectivity index (χ0) is 14.7. The highest BCUT2D eigenvalue weighted by molar-refractivity contribution is 7.80. The van der Waals surface area contributed by atoms with E-state index < -0.39 is 0 Å². The predicted molar refractivity (Wildman–Crippen MR) is 83.7 cm³/mol. The van der Waals surface area contributed by atoms with Gasteiger partial charge in [-0.25, -0.2) is 0 Å². The molecule has 0 aliphatic carbocycles. The highest BCUT2D eigenvalue weighted by Crippen LogP contribution is 2.34. The molecule has 1 saturated heterocycles. The van der Waals surface area contributed by atoms with Gasteiger partial charge in [-0.15, -0.1) is 0 Å². The third-order valence-electron chi connectivity index (χ3n) is 3.76. The molecule has 114 valence electrons. The van der Waals surface area contributed by atoms with E-state index in [4.69, 9.17) is 26.4 Å². The van der Waals surface area contributed by atoms with Crippen LogP contribution in [-0.4, -0.2) is 31.2 Å². The molecular formula is C15H20N2O3S. The van der Waals surface area contributed by atoms with E-state index in [9.17, 15) is 0 Å². The largest absolute Gasteiger partial charge is 0.454 e. The number of thiocarbonyl (C=S) groups is 1. The molecule has 2 N–H and O–H groups in total. The summed E-state index contributed by atoms with van der Waals surface area (Å²) in [6, 6.07) is 6.04. The van der Waals surface area contributed by atoms with Crippen LogP contribution in [0, 0.1) is 0 Å². The Bertz CT molecular complexity index is 518. The third kappa shape index (κ3) is 3.57. The molecule has 1 aromatic carbocycles. The first-order valence-electron chi connectivity index (χ1n) is 7.28. The Morgan fingerprint density at radius 1 is 1.38 bits per heavy atom. The molecule has 2 aliphatic heterocycles. The fourth-order valence-electron chi connectivity index (χ4n) is 2.53. The van der Waals surface area contributed by atoms with E-state index in [0.29, 0.717) is 11.9 Å². The van der Waals surface area contributed by atoms with Crippen molar-refractivity contribution in [1.82, 2.24) is 10.6 Å². The fourth-order valence-corrected chi connectivity index (χ4v) is 2.79. The van der Waals surface area contributed by atoms with Crippen molar-refractivity contribution in [1.29, 1.82) is 0 Å². The molecule has 0 spiro atoms. The van der Waals surface area contributed by atoms with E-state index in [-0.39, 0.29) is 12.1 Å². The Morgan fingerprint density at radius 3 is 3.05 bits per heavy atom. The maximum atomic E-state index is 5.56. The summed E-state index contributed by atoms with van der Waals surface area (Å²) in [5.41, 5.74) is 1.11. The van der Waals surface area contributed by atoms with Crippen LogP contribution in [0.4, 0.5) is 0 Å². The molecule has 0 radical (unpaired) electrons. The van der Waals surface area contributed by atoms with Gasteiger partial charge in [-0.05, 0) is 49.7 Å². The van der Waals surface area contributed by atoms with Crippen LogP contribution < -0.4 is 20.1 Å².